The van der Waals surface area contributed by atoms with Crippen LogP contribution in [0.15, 0.2) is 77.7 Å². The van der Waals surface area contributed by atoms with Crippen LogP contribution in [0.5, 0.6) is 11.5 Å². The van der Waals surface area contributed by atoms with Crippen molar-refractivity contribution >= 4 is 21.8 Å². The molecule has 0 saturated carbocycles. The van der Waals surface area contributed by atoms with Crippen molar-refractivity contribution in [1.82, 2.24) is 4.31 Å². The van der Waals surface area contributed by atoms with Gasteiger partial charge in [-0.3, -0.25) is 4.90 Å². The largest absolute Gasteiger partial charge is 0.457 e. The Morgan fingerprint density at radius 2 is 1.56 bits per heavy atom. The summed E-state index contributed by atoms with van der Waals surface area (Å²) >= 11 is 0. The molecule has 1 fully saturated rings. The molecule has 0 spiro atoms. The molecule has 8 heteroatoms. The van der Waals surface area contributed by atoms with Gasteiger partial charge in [0.05, 0.1) is 10.6 Å². The summed E-state index contributed by atoms with van der Waals surface area (Å²) in [5, 5.41) is 0. The van der Waals surface area contributed by atoms with Crippen molar-refractivity contribution in [3.8, 4) is 11.5 Å². The van der Waals surface area contributed by atoms with Gasteiger partial charge in [0.1, 0.15) is 18.1 Å². The van der Waals surface area contributed by atoms with Gasteiger partial charge in [-0.2, -0.15) is 4.31 Å². The minimum absolute atomic E-state index is 0.110. The van der Waals surface area contributed by atoms with E-state index in [2.05, 4.69) is 0 Å². The van der Waals surface area contributed by atoms with Gasteiger partial charge in [-0.1, -0.05) is 36.4 Å². The predicted molar refractivity (Wildman–Crippen MR) is 129 cm³/mol. The number of amides is 1. The SMILES string of the molecule is Cc1cccc2c1N(C1CCN(S(=O)(=O)c3ccc(Oc4ccccc4)cc3)CC1)C(=O)OC2. The van der Waals surface area contributed by atoms with E-state index in [1.165, 1.54) is 4.31 Å². The Labute approximate surface area is 199 Å². The van der Waals surface area contributed by atoms with Crippen LogP contribution in [-0.2, 0) is 21.4 Å². The number of carbonyl (C=O) groups excluding carboxylic acids is 1. The second-order valence-corrected chi connectivity index (χ2v) is 10.5. The summed E-state index contributed by atoms with van der Waals surface area (Å²) < 4.78 is 39.1. The van der Waals surface area contributed by atoms with Crippen LogP contribution in [0, 0.1) is 6.92 Å². The highest BCUT2D eigenvalue weighted by atomic mass is 32.2. The Morgan fingerprint density at radius 1 is 0.882 bits per heavy atom. The maximum Gasteiger partial charge on any atom is 0.414 e. The Bertz CT molecular complexity index is 1280. The molecule has 3 aromatic carbocycles. The van der Waals surface area contributed by atoms with Gasteiger partial charge in [-0.05, 0) is 61.7 Å². The molecule has 2 heterocycles. The first kappa shape index (κ1) is 22.4. The Kier molecular flexibility index (Phi) is 6.02. The number of anilines is 1. The smallest absolute Gasteiger partial charge is 0.414 e. The molecule has 34 heavy (non-hydrogen) atoms. The molecule has 5 rings (SSSR count). The van der Waals surface area contributed by atoms with Gasteiger partial charge in [-0.25, -0.2) is 13.2 Å². The van der Waals surface area contributed by atoms with E-state index < -0.39 is 10.0 Å². The highest BCUT2D eigenvalue weighted by Crippen LogP contribution is 2.35. The van der Waals surface area contributed by atoms with E-state index in [4.69, 9.17) is 9.47 Å². The number of hydrogen-bond donors (Lipinski definition) is 0. The number of sulfonamides is 1. The van der Waals surface area contributed by atoms with Crippen LogP contribution in [0.1, 0.15) is 24.0 Å². The lowest BCUT2D eigenvalue weighted by molar-refractivity contribution is 0.135. The molecule has 3 aromatic rings. The molecule has 0 unspecified atom stereocenters. The number of aryl methyl sites for hydroxylation is 1. The number of para-hydroxylation sites is 2. The highest BCUT2D eigenvalue weighted by Gasteiger charge is 2.37. The second-order valence-electron chi connectivity index (χ2n) is 8.53. The van der Waals surface area contributed by atoms with E-state index in [1.807, 2.05) is 55.5 Å². The quantitative estimate of drug-likeness (QED) is 0.510. The molecule has 0 radical (unpaired) electrons. The average molecular weight is 479 g/mol. The van der Waals surface area contributed by atoms with Gasteiger partial charge in [-0.15, -0.1) is 0 Å². The molecule has 176 valence electrons. The van der Waals surface area contributed by atoms with Gasteiger partial charge in [0.25, 0.3) is 0 Å². The summed E-state index contributed by atoms with van der Waals surface area (Å²) in [7, 11) is -3.64. The first-order valence-electron chi connectivity index (χ1n) is 11.3. The normalized spacial score (nSPS) is 17.2. The number of fused-ring (bicyclic) bond motifs is 1. The summed E-state index contributed by atoms with van der Waals surface area (Å²) in [5.41, 5.74) is 2.89. The number of ether oxygens (including phenoxy) is 2. The summed E-state index contributed by atoms with van der Waals surface area (Å²) in [6, 6.07) is 21.6. The lowest BCUT2D eigenvalue weighted by Gasteiger charge is -2.40. The van der Waals surface area contributed by atoms with Crippen molar-refractivity contribution in [3.63, 3.8) is 0 Å². The number of rotatable bonds is 5. The summed E-state index contributed by atoms with van der Waals surface area (Å²) in [5.74, 6) is 1.26. The standard InChI is InChI=1S/C26H26N2O5S/c1-19-6-5-7-20-18-32-26(29)28(25(19)20)21-14-16-27(17-15-21)34(30,31)24-12-10-23(11-13-24)33-22-8-3-2-4-9-22/h2-13,21H,14-18H2,1H3. The zero-order chi connectivity index (χ0) is 23.7. The van der Waals surface area contributed by atoms with Crippen LogP contribution >= 0.6 is 0 Å². The number of hydrogen-bond acceptors (Lipinski definition) is 5. The molecule has 2 aliphatic heterocycles. The lowest BCUT2D eigenvalue weighted by Crippen LogP contribution is -2.50. The van der Waals surface area contributed by atoms with Crippen LogP contribution in [0.25, 0.3) is 0 Å². The molecule has 7 nitrogen and oxygen atoms in total. The third kappa shape index (κ3) is 4.26. The molecule has 0 atom stereocenters. The van der Waals surface area contributed by atoms with E-state index in [-0.39, 0.29) is 23.6 Å². The first-order chi connectivity index (χ1) is 16.4. The van der Waals surface area contributed by atoms with Gasteiger partial charge in [0, 0.05) is 24.7 Å². The molecule has 0 aromatic heterocycles. The summed E-state index contributed by atoms with van der Waals surface area (Å²) in [6.45, 7) is 2.92. The van der Waals surface area contributed by atoms with Crippen molar-refractivity contribution in [3.05, 3.63) is 83.9 Å². The van der Waals surface area contributed by atoms with Crippen molar-refractivity contribution in [2.24, 2.45) is 0 Å². The number of piperidine rings is 1. The van der Waals surface area contributed by atoms with Gasteiger partial charge < -0.3 is 9.47 Å². The predicted octanol–water partition coefficient (Wildman–Crippen LogP) is 5.10. The van der Waals surface area contributed by atoms with Gasteiger partial charge in [0.15, 0.2) is 0 Å². The van der Waals surface area contributed by atoms with Crippen LogP contribution in [0.3, 0.4) is 0 Å². The summed E-state index contributed by atoms with van der Waals surface area (Å²) in [6.07, 6.45) is 0.714. The summed E-state index contributed by atoms with van der Waals surface area (Å²) in [4.78, 5) is 14.6. The van der Waals surface area contributed by atoms with Crippen molar-refractivity contribution in [1.29, 1.82) is 0 Å². The average Bonchev–Trinajstić information content (AvgIpc) is 2.85. The van der Waals surface area contributed by atoms with E-state index in [0.29, 0.717) is 37.4 Å². The molecular weight excluding hydrogens is 452 g/mol. The second kappa shape index (κ2) is 9.12. The number of carbonyl (C=O) groups is 1. The first-order valence-corrected chi connectivity index (χ1v) is 12.7. The fourth-order valence-electron chi connectivity index (χ4n) is 4.61. The Balaban J connectivity index is 1.28. The van der Waals surface area contributed by atoms with Crippen molar-refractivity contribution in [2.45, 2.75) is 37.3 Å². The molecule has 0 aliphatic carbocycles. The lowest BCUT2D eigenvalue weighted by atomic mass is 10.00. The number of cyclic esters (lactones) is 1. The van der Waals surface area contributed by atoms with E-state index in [0.717, 1.165) is 16.8 Å². The zero-order valence-corrected chi connectivity index (χ0v) is 19.7. The minimum atomic E-state index is -3.64. The van der Waals surface area contributed by atoms with Crippen molar-refractivity contribution in [2.75, 3.05) is 18.0 Å². The molecule has 0 bridgehead atoms. The van der Waals surface area contributed by atoms with Gasteiger partial charge >= 0.3 is 6.09 Å². The van der Waals surface area contributed by atoms with Gasteiger partial charge in [0.2, 0.25) is 10.0 Å². The number of benzene rings is 3. The van der Waals surface area contributed by atoms with Crippen LogP contribution in [-0.4, -0.2) is 37.9 Å². The fraction of sp³-hybridized carbons (Fsp3) is 0.269. The molecule has 1 saturated heterocycles. The van der Waals surface area contributed by atoms with Crippen LogP contribution < -0.4 is 9.64 Å². The third-order valence-electron chi connectivity index (χ3n) is 6.34. The van der Waals surface area contributed by atoms with E-state index >= 15 is 0 Å². The fourth-order valence-corrected chi connectivity index (χ4v) is 6.08. The van der Waals surface area contributed by atoms with Crippen LogP contribution in [0.4, 0.5) is 10.5 Å². The Morgan fingerprint density at radius 3 is 2.26 bits per heavy atom. The van der Waals surface area contributed by atoms with E-state index in [9.17, 15) is 13.2 Å². The maximum absolute atomic E-state index is 13.2. The van der Waals surface area contributed by atoms with Crippen LogP contribution in [0.2, 0.25) is 0 Å². The molecule has 2 aliphatic rings. The molecule has 0 N–H and O–H groups in total. The number of nitrogens with zero attached hydrogens (tertiary/aromatic N) is 2. The topological polar surface area (TPSA) is 76.2 Å². The Hall–Kier alpha value is -3.36. The third-order valence-corrected chi connectivity index (χ3v) is 8.25. The molecular formula is C26H26N2O5S. The highest BCUT2D eigenvalue weighted by molar-refractivity contribution is 7.89. The maximum atomic E-state index is 13.2. The minimum Gasteiger partial charge on any atom is -0.457 e. The van der Waals surface area contributed by atoms with E-state index in [1.54, 1.807) is 29.2 Å². The molecule has 1 amide bonds. The zero-order valence-electron chi connectivity index (χ0n) is 18.9. The monoisotopic (exact) mass is 478 g/mol. The van der Waals surface area contributed by atoms with Crippen molar-refractivity contribution < 1.29 is 22.7 Å².